The summed E-state index contributed by atoms with van der Waals surface area (Å²) >= 11 is 0. The third kappa shape index (κ3) is 3.55. The molecule has 0 bridgehead atoms. The van der Waals surface area contributed by atoms with Crippen molar-refractivity contribution in [1.82, 2.24) is 4.90 Å². The fourth-order valence-electron chi connectivity index (χ4n) is 0.492. The molecule has 0 aromatic heterocycles. The SMILES string of the molecule is C=C(C)C(=O)OC(=C)C(=O)N(C)C. The van der Waals surface area contributed by atoms with Crippen LogP contribution in [0.1, 0.15) is 6.92 Å². The van der Waals surface area contributed by atoms with Gasteiger partial charge in [-0.2, -0.15) is 0 Å². The Balaban J connectivity index is 4.25. The van der Waals surface area contributed by atoms with Gasteiger partial charge in [0.05, 0.1) is 0 Å². The number of esters is 1. The van der Waals surface area contributed by atoms with Gasteiger partial charge in [-0.05, 0) is 6.92 Å². The van der Waals surface area contributed by atoms with Crippen LogP contribution in [0, 0.1) is 0 Å². The first-order valence-electron chi connectivity index (χ1n) is 3.64. The predicted octanol–water partition coefficient (Wildman–Crippen LogP) is 0.708. The Morgan fingerprint density at radius 2 is 1.69 bits per heavy atom. The normalized spacial score (nSPS) is 8.85. The second-order valence-corrected chi connectivity index (χ2v) is 2.79. The van der Waals surface area contributed by atoms with Crippen molar-refractivity contribution < 1.29 is 14.3 Å². The second kappa shape index (κ2) is 4.45. The van der Waals surface area contributed by atoms with Crippen molar-refractivity contribution >= 4 is 11.9 Å². The lowest BCUT2D eigenvalue weighted by Crippen LogP contribution is -2.25. The molecule has 0 aliphatic heterocycles. The molecule has 0 N–H and O–H groups in total. The van der Waals surface area contributed by atoms with Crippen molar-refractivity contribution in [3.05, 3.63) is 24.5 Å². The highest BCUT2D eigenvalue weighted by atomic mass is 16.5. The highest BCUT2D eigenvalue weighted by molar-refractivity contribution is 5.96. The third-order valence-corrected chi connectivity index (χ3v) is 1.21. The zero-order valence-electron chi connectivity index (χ0n) is 8.09. The monoisotopic (exact) mass is 183 g/mol. The number of likely N-dealkylation sites (N-methyl/N-ethyl adjacent to an activating group) is 1. The number of carbonyl (C=O) groups excluding carboxylic acids is 2. The van der Waals surface area contributed by atoms with Gasteiger partial charge in [0, 0.05) is 19.7 Å². The fraction of sp³-hybridized carbons (Fsp3) is 0.333. The summed E-state index contributed by atoms with van der Waals surface area (Å²) in [5, 5.41) is 0. The molecular weight excluding hydrogens is 170 g/mol. The maximum absolute atomic E-state index is 11.1. The zero-order chi connectivity index (χ0) is 10.6. The zero-order valence-corrected chi connectivity index (χ0v) is 8.09. The van der Waals surface area contributed by atoms with Gasteiger partial charge in [-0.1, -0.05) is 13.2 Å². The first-order valence-corrected chi connectivity index (χ1v) is 3.64. The number of nitrogens with zero attached hydrogens (tertiary/aromatic N) is 1. The van der Waals surface area contributed by atoms with Crippen molar-refractivity contribution in [2.24, 2.45) is 0 Å². The number of hydrogen-bond acceptors (Lipinski definition) is 3. The van der Waals surface area contributed by atoms with Crippen LogP contribution in [0.25, 0.3) is 0 Å². The van der Waals surface area contributed by atoms with Crippen LogP contribution in [-0.4, -0.2) is 30.9 Å². The largest absolute Gasteiger partial charge is 0.418 e. The van der Waals surface area contributed by atoms with Crippen LogP contribution in [0.3, 0.4) is 0 Å². The van der Waals surface area contributed by atoms with Crippen molar-refractivity contribution in [3.8, 4) is 0 Å². The van der Waals surface area contributed by atoms with Crippen LogP contribution in [0.2, 0.25) is 0 Å². The number of ether oxygens (including phenoxy) is 1. The van der Waals surface area contributed by atoms with E-state index in [1.165, 1.54) is 11.8 Å². The van der Waals surface area contributed by atoms with E-state index in [-0.39, 0.29) is 11.3 Å². The minimum Gasteiger partial charge on any atom is -0.418 e. The van der Waals surface area contributed by atoms with Crippen molar-refractivity contribution in [1.29, 1.82) is 0 Å². The molecule has 0 saturated carbocycles. The van der Waals surface area contributed by atoms with Crippen LogP contribution < -0.4 is 0 Å². The quantitative estimate of drug-likeness (QED) is 0.368. The van der Waals surface area contributed by atoms with E-state index in [9.17, 15) is 9.59 Å². The van der Waals surface area contributed by atoms with E-state index in [0.717, 1.165) is 0 Å². The molecular formula is C9H13NO3. The Bertz CT molecular complexity index is 266. The van der Waals surface area contributed by atoms with Gasteiger partial charge in [0.1, 0.15) is 0 Å². The van der Waals surface area contributed by atoms with E-state index in [1.54, 1.807) is 14.1 Å². The first-order chi connectivity index (χ1) is 5.86. The molecule has 0 rings (SSSR count). The average molecular weight is 183 g/mol. The van der Waals surface area contributed by atoms with E-state index < -0.39 is 11.9 Å². The molecule has 0 aliphatic rings. The van der Waals surface area contributed by atoms with Crippen molar-refractivity contribution in [2.45, 2.75) is 6.92 Å². The van der Waals surface area contributed by atoms with E-state index in [0.29, 0.717) is 0 Å². The van der Waals surface area contributed by atoms with Crippen LogP contribution in [0.15, 0.2) is 24.5 Å². The van der Waals surface area contributed by atoms with Crippen LogP contribution in [0.4, 0.5) is 0 Å². The summed E-state index contributed by atoms with van der Waals surface area (Å²) < 4.78 is 4.61. The van der Waals surface area contributed by atoms with E-state index in [1.807, 2.05) is 0 Å². The fourth-order valence-corrected chi connectivity index (χ4v) is 0.492. The van der Waals surface area contributed by atoms with E-state index in [2.05, 4.69) is 17.9 Å². The van der Waals surface area contributed by atoms with Gasteiger partial charge in [-0.3, -0.25) is 4.79 Å². The summed E-state index contributed by atoms with van der Waals surface area (Å²) in [6.45, 7) is 8.19. The number of rotatable bonds is 3. The van der Waals surface area contributed by atoms with Crippen LogP contribution >= 0.6 is 0 Å². The van der Waals surface area contributed by atoms with Gasteiger partial charge in [0.15, 0.2) is 5.76 Å². The van der Waals surface area contributed by atoms with E-state index in [4.69, 9.17) is 0 Å². The molecule has 0 radical (unpaired) electrons. The summed E-state index contributed by atoms with van der Waals surface area (Å²) in [6, 6.07) is 0. The Morgan fingerprint density at radius 3 is 2.00 bits per heavy atom. The molecule has 0 fully saturated rings. The van der Waals surface area contributed by atoms with Gasteiger partial charge in [0.2, 0.25) is 0 Å². The number of carbonyl (C=O) groups is 2. The summed E-state index contributed by atoms with van der Waals surface area (Å²) in [5.74, 6) is -1.27. The Morgan fingerprint density at radius 1 is 1.23 bits per heavy atom. The van der Waals surface area contributed by atoms with Crippen LogP contribution in [-0.2, 0) is 14.3 Å². The molecule has 13 heavy (non-hydrogen) atoms. The summed E-state index contributed by atoms with van der Waals surface area (Å²) in [6.07, 6.45) is 0. The molecule has 1 amide bonds. The van der Waals surface area contributed by atoms with Gasteiger partial charge >= 0.3 is 5.97 Å². The molecule has 0 aromatic rings. The molecule has 72 valence electrons. The summed E-state index contributed by atoms with van der Waals surface area (Å²) in [5.41, 5.74) is 0.229. The lowest BCUT2D eigenvalue weighted by Gasteiger charge is -2.11. The molecule has 0 saturated heterocycles. The Kier molecular flexibility index (Phi) is 3.91. The lowest BCUT2D eigenvalue weighted by atomic mass is 10.3. The summed E-state index contributed by atoms with van der Waals surface area (Å²) in [7, 11) is 3.09. The van der Waals surface area contributed by atoms with Gasteiger partial charge in [-0.15, -0.1) is 0 Å². The highest BCUT2D eigenvalue weighted by Crippen LogP contribution is 2.02. The minimum absolute atomic E-state index is 0.196. The second-order valence-electron chi connectivity index (χ2n) is 2.79. The van der Waals surface area contributed by atoms with E-state index >= 15 is 0 Å². The standard InChI is InChI=1S/C9H13NO3/c1-6(2)9(12)13-7(3)8(11)10(4)5/h1,3H2,2,4-5H3. The van der Waals surface area contributed by atoms with Gasteiger partial charge in [-0.25, -0.2) is 4.79 Å². The molecule has 0 aromatic carbocycles. The molecule has 0 atom stereocenters. The maximum atomic E-state index is 11.1. The van der Waals surface area contributed by atoms with Gasteiger partial charge in [0.25, 0.3) is 5.91 Å². The molecule has 0 aliphatic carbocycles. The molecule has 0 heterocycles. The third-order valence-electron chi connectivity index (χ3n) is 1.21. The minimum atomic E-state index is -0.639. The number of hydrogen-bond donors (Lipinski definition) is 0. The first kappa shape index (κ1) is 11.4. The Labute approximate surface area is 77.5 Å². The summed E-state index contributed by atoms with van der Waals surface area (Å²) in [4.78, 5) is 23.3. The van der Waals surface area contributed by atoms with Gasteiger partial charge < -0.3 is 9.64 Å². The van der Waals surface area contributed by atoms with Crippen molar-refractivity contribution in [2.75, 3.05) is 14.1 Å². The predicted molar refractivity (Wildman–Crippen MR) is 48.7 cm³/mol. The maximum Gasteiger partial charge on any atom is 0.338 e. The topological polar surface area (TPSA) is 46.6 Å². The van der Waals surface area contributed by atoms with Crippen molar-refractivity contribution in [3.63, 3.8) is 0 Å². The molecule has 4 heteroatoms. The Hall–Kier alpha value is -1.58. The highest BCUT2D eigenvalue weighted by Gasteiger charge is 2.14. The van der Waals surface area contributed by atoms with Crippen LogP contribution in [0.5, 0.6) is 0 Å². The molecule has 4 nitrogen and oxygen atoms in total. The number of amides is 1. The molecule has 0 spiro atoms. The lowest BCUT2D eigenvalue weighted by molar-refractivity contribution is -0.141. The average Bonchev–Trinajstić information content (AvgIpc) is 2.02. The smallest absolute Gasteiger partial charge is 0.338 e. The molecule has 0 unspecified atom stereocenters.